The molecule has 0 saturated carbocycles. The predicted molar refractivity (Wildman–Crippen MR) is 77.8 cm³/mol. The van der Waals surface area contributed by atoms with Gasteiger partial charge < -0.3 is 15.7 Å². The fraction of sp³-hybridized carbons (Fsp3) is 0.400. The van der Waals surface area contributed by atoms with Gasteiger partial charge in [-0.05, 0) is 24.6 Å². The Bertz CT molecular complexity index is 593. The summed E-state index contributed by atoms with van der Waals surface area (Å²) >= 11 is 0. The SMILES string of the molecule is CCCC[C@H](NC(=O)CNC(=O)c1ccc(F)c(F)c1)C(=O)O. The molecular formula is C15H18F2N2O4. The van der Waals surface area contributed by atoms with Gasteiger partial charge >= 0.3 is 5.97 Å². The van der Waals surface area contributed by atoms with Crippen molar-refractivity contribution in [3.05, 3.63) is 35.4 Å². The molecule has 0 unspecified atom stereocenters. The van der Waals surface area contributed by atoms with Gasteiger partial charge in [-0.15, -0.1) is 0 Å². The lowest BCUT2D eigenvalue weighted by atomic mass is 10.1. The number of nitrogens with one attached hydrogen (secondary N) is 2. The summed E-state index contributed by atoms with van der Waals surface area (Å²) in [7, 11) is 0. The van der Waals surface area contributed by atoms with Gasteiger partial charge in [0, 0.05) is 5.56 Å². The van der Waals surface area contributed by atoms with Crippen molar-refractivity contribution in [2.24, 2.45) is 0 Å². The van der Waals surface area contributed by atoms with Crippen molar-refractivity contribution in [1.82, 2.24) is 10.6 Å². The summed E-state index contributed by atoms with van der Waals surface area (Å²) in [6.07, 6.45) is 1.71. The fourth-order valence-corrected chi connectivity index (χ4v) is 1.81. The summed E-state index contributed by atoms with van der Waals surface area (Å²) < 4.78 is 25.8. The van der Waals surface area contributed by atoms with Gasteiger partial charge in [-0.3, -0.25) is 9.59 Å². The molecular weight excluding hydrogens is 310 g/mol. The van der Waals surface area contributed by atoms with Crippen molar-refractivity contribution in [2.45, 2.75) is 32.2 Å². The number of aliphatic carboxylic acids is 1. The Balaban J connectivity index is 2.52. The van der Waals surface area contributed by atoms with Gasteiger partial charge in [0.1, 0.15) is 6.04 Å². The third kappa shape index (κ3) is 6.01. The van der Waals surface area contributed by atoms with Gasteiger partial charge in [0.25, 0.3) is 5.91 Å². The summed E-state index contributed by atoms with van der Waals surface area (Å²) in [4.78, 5) is 34.4. The Hall–Kier alpha value is -2.51. The molecule has 0 aliphatic heterocycles. The molecule has 6 nitrogen and oxygen atoms in total. The molecule has 0 radical (unpaired) electrons. The van der Waals surface area contributed by atoms with E-state index in [2.05, 4.69) is 10.6 Å². The first-order valence-electron chi connectivity index (χ1n) is 7.10. The van der Waals surface area contributed by atoms with E-state index in [9.17, 15) is 23.2 Å². The molecule has 0 saturated heterocycles. The number of halogens is 2. The van der Waals surface area contributed by atoms with E-state index in [1.807, 2.05) is 6.92 Å². The number of benzene rings is 1. The van der Waals surface area contributed by atoms with Crippen LogP contribution in [-0.4, -0.2) is 35.5 Å². The van der Waals surface area contributed by atoms with Crippen molar-refractivity contribution in [3.8, 4) is 0 Å². The number of hydrogen-bond donors (Lipinski definition) is 3. The topological polar surface area (TPSA) is 95.5 Å². The quantitative estimate of drug-likeness (QED) is 0.673. The molecule has 0 fully saturated rings. The first kappa shape index (κ1) is 18.5. The average Bonchev–Trinajstić information content (AvgIpc) is 2.51. The van der Waals surface area contributed by atoms with Crippen LogP contribution in [0.5, 0.6) is 0 Å². The number of carboxylic acid groups (broad SMARTS) is 1. The monoisotopic (exact) mass is 328 g/mol. The normalized spacial score (nSPS) is 11.6. The highest BCUT2D eigenvalue weighted by Crippen LogP contribution is 2.08. The van der Waals surface area contributed by atoms with E-state index in [0.717, 1.165) is 18.6 Å². The summed E-state index contributed by atoms with van der Waals surface area (Å²) in [5, 5.41) is 13.5. The molecule has 126 valence electrons. The van der Waals surface area contributed by atoms with Crippen LogP contribution in [0.3, 0.4) is 0 Å². The number of carbonyl (C=O) groups excluding carboxylic acids is 2. The Morgan fingerprint density at radius 1 is 1.22 bits per heavy atom. The highest BCUT2D eigenvalue weighted by atomic mass is 19.2. The van der Waals surface area contributed by atoms with Gasteiger partial charge in [-0.2, -0.15) is 0 Å². The van der Waals surface area contributed by atoms with Gasteiger partial charge in [-0.1, -0.05) is 19.8 Å². The second kappa shape index (κ2) is 8.82. The highest BCUT2D eigenvalue weighted by molar-refractivity contribution is 5.96. The van der Waals surface area contributed by atoms with Crippen LogP contribution in [0.25, 0.3) is 0 Å². The average molecular weight is 328 g/mol. The molecule has 0 aliphatic rings. The molecule has 0 bridgehead atoms. The van der Waals surface area contributed by atoms with Crippen LogP contribution in [0, 0.1) is 11.6 Å². The first-order chi connectivity index (χ1) is 10.8. The molecule has 0 spiro atoms. The number of unbranched alkanes of at least 4 members (excludes halogenated alkanes) is 1. The van der Waals surface area contributed by atoms with E-state index in [0.29, 0.717) is 12.5 Å². The van der Waals surface area contributed by atoms with Crippen molar-refractivity contribution in [2.75, 3.05) is 6.54 Å². The fourth-order valence-electron chi connectivity index (χ4n) is 1.81. The zero-order valence-corrected chi connectivity index (χ0v) is 12.6. The molecule has 0 aromatic heterocycles. The van der Waals surface area contributed by atoms with Gasteiger partial charge in [0.15, 0.2) is 11.6 Å². The molecule has 1 aromatic rings. The van der Waals surface area contributed by atoms with E-state index in [1.54, 1.807) is 0 Å². The van der Waals surface area contributed by atoms with E-state index in [4.69, 9.17) is 5.11 Å². The number of rotatable bonds is 8. The minimum Gasteiger partial charge on any atom is -0.480 e. The lowest BCUT2D eigenvalue weighted by Gasteiger charge is -2.14. The number of hydrogen-bond acceptors (Lipinski definition) is 3. The third-order valence-corrected chi connectivity index (χ3v) is 3.07. The van der Waals surface area contributed by atoms with Crippen LogP contribution >= 0.6 is 0 Å². The second-order valence-electron chi connectivity index (χ2n) is 4.91. The molecule has 0 aliphatic carbocycles. The largest absolute Gasteiger partial charge is 0.480 e. The lowest BCUT2D eigenvalue weighted by Crippen LogP contribution is -2.45. The Kier molecular flexibility index (Phi) is 7.11. The van der Waals surface area contributed by atoms with Gasteiger partial charge in [0.05, 0.1) is 6.54 Å². The minimum absolute atomic E-state index is 0.141. The maximum atomic E-state index is 13.0. The van der Waals surface area contributed by atoms with Crippen LogP contribution in [0.2, 0.25) is 0 Å². The van der Waals surface area contributed by atoms with Crippen LogP contribution in [0.1, 0.15) is 36.5 Å². The lowest BCUT2D eigenvalue weighted by molar-refractivity contribution is -0.141. The van der Waals surface area contributed by atoms with E-state index < -0.39 is 42.0 Å². The van der Waals surface area contributed by atoms with Gasteiger partial charge in [-0.25, -0.2) is 13.6 Å². The molecule has 3 N–H and O–H groups in total. The third-order valence-electron chi connectivity index (χ3n) is 3.07. The molecule has 8 heteroatoms. The summed E-state index contributed by atoms with van der Waals surface area (Å²) in [5.41, 5.74) is -0.141. The summed E-state index contributed by atoms with van der Waals surface area (Å²) in [6, 6.07) is 1.56. The van der Waals surface area contributed by atoms with Crippen molar-refractivity contribution >= 4 is 17.8 Å². The van der Waals surface area contributed by atoms with Crippen LogP contribution in [0.4, 0.5) is 8.78 Å². The Labute approximate surface area is 131 Å². The number of carbonyl (C=O) groups is 3. The second-order valence-corrected chi connectivity index (χ2v) is 4.91. The minimum atomic E-state index is -1.17. The van der Waals surface area contributed by atoms with E-state index in [-0.39, 0.29) is 12.0 Å². The van der Waals surface area contributed by atoms with Gasteiger partial charge in [0.2, 0.25) is 5.91 Å². The first-order valence-corrected chi connectivity index (χ1v) is 7.10. The van der Waals surface area contributed by atoms with Crippen molar-refractivity contribution < 1.29 is 28.3 Å². The van der Waals surface area contributed by atoms with E-state index in [1.165, 1.54) is 0 Å². The molecule has 23 heavy (non-hydrogen) atoms. The molecule has 1 rings (SSSR count). The zero-order valence-electron chi connectivity index (χ0n) is 12.6. The van der Waals surface area contributed by atoms with Crippen molar-refractivity contribution in [1.29, 1.82) is 0 Å². The highest BCUT2D eigenvalue weighted by Gasteiger charge is 2.19. The van der Waals surface area contributed by atoms with Crippen LogP contribution < -0.4 is 10.6 Å². The Morgan fingerprint density at radius 2 is 1.91 bits per heavy atom. The molecule has 1 atom stereocenters. The number of carboxylic acids is 1. The molecule has 0 heterocycles. The summed E-state index contributed by atoms with van der Waals surface area (Å²) in [5.74, 6) is -4.85. The predicted octanol–water partition coefficient (Wildman–Crippen LogP) is 1.45. The van der Waals surface area contributed by atoms with E-state index >= 15 is 0 Å². The smallest absolute Gasteiger partial charge is 0.326 e. The molecule has 1 aromatic carbocycles. The molecule has 2 amide bonds. The summed E-state index contributed by atoms with van der Waals surface area (Å²) in [6.45, 7) is 1.43. The van der Waals surface area contributed by atoms with Crippen molar-refractivity contribution in [3.63, 3.8) is 0 Å². The maximum Gasteiger partial charge on any atom is 0.326 e. The standard InChI is InChI=1S/C15H18F2N2O4/c1-2-3-4-12(15(22)23)19-13(20)8-18-14(21)9-5-6-10(16)11(17)7-9/h5-7,12H,2-4,8H2,1H3,(H,18,21)(H,19,20)(H,22,23)/t12-/m0/s1. The maximum absolute atomic E-state index is 13.0. The van der Waals surface area contributed by atoms with Crippen LogP contribution in [-0.2, 0) is 9.59 Å². The zero-order chi connectivity index (χ0) is 17.4. The van der Waals surface area contributed by atoms with Crippen LogP contribution in [0.15, 0.2) is 18.2 Å². The Morgan fingerprint density at radius 3 is 2.48 bits per heavy atom. The number of amides is 2.